The van der Waals surface area contributed by atoms with E-state index in [1.54, 1.807) is 0 Å². The number of amides is 1. The lowest BCUT2D eigenvalue weighted by molar-refractivity contribution is -0.136. The second-order valence-corrected chi connectivity index (χ2v) is 6.86. The molecule has 2 saturated heterocycles. The summed E-state index contributed by atoms with van der Waals surface area (Å²) in [5.41, 5.74) is 0. The Kier molecular flexibility index (Phi) is 6.02. The van der Waals surface area contributed by atoms with E-state index in [1.165, 1.54) is 6.42 Å². The number of rotatable bonds is 4. The predicted molar refractivity (Wildman–Crippen MR) is 84.2 cm³/mol. The molecule has 2 fully saturated rings. The predicted octanol–water partition coefficient (Wildman–Crippen LogP) is 0.774. The number of β-amino-alcohol motifs (C(OH)–C–C–N with tert-alkyl or cyclic N) is 1. The van der Waals surface area contributed by atoms with Crippen molar-refractivity contribution in [3.05, 3.63) is 0 Å². The summed E-state index contributed by atoms with van der Waals surface area (Å²) in [6.45, 7) is 11.2. The fourth-order valence-electron chi connectivity index (χ4n) is 3.58. The molecule has 0 bridgehead atoms. The van der Waals surface area contributed by atoms with Crippen molar-refractivity contribution in [2.45, 2.75) is 58.2 Å². The maximum atomic E-state index is 12.5. The molecule has 0 unspecified atom stereocenters. The minimum Gasteiger partial charge on any atom is -0.392 e. The van der Waals surface area contributed by atoms with Gasteiger partial charge in [-0.25, -0.2) is 0 Å². The first kappa shape index (κ1) is 16.7. The maximum absolute atomic E-state index is 12.5. The second kappa shape index (κ2) is 7.56. The van der Waals surface area contributed by atoms with Crippen molar-refractivity contribution in [2.75, 3.05) is 39.3 Å². The molecule has 0 aromatic heterocycles. The van der Waals surface area contributed by atoms with Crippen LogP contribution in [-0.2, 0) is 4.79 Å². The summed E-state index contributed by atoms with van der Waals surface area (Å²) in [7, 11) is 0. The Balaban J connectivity index is 1.80. The monoisotopic (exact) mass is 297 g/mol. The van der Waals surface area contributed by atoms with Gasteiger partial charge in [0, 0.05) is 44.8 Å². The molecule has 1 amide bonds. The standard InChI is InChI=1S/C16H31N3O2/c1-13-6-4-5-7-19(13)16(21)12-17-8-9-18(11-15(3)20)14(2)10-17/h13-15,20H,4-12H2,1-3H3/t13-,14-,15-/m0/s1. The van der Waals surface area contributed by atoms with Crippen LogP contribution in [0.5, 0.6) is 0 Å². The molecule has 21 heavy (non-hydrogen) atoms. The van der Waals surface area contributed by atoms with E-state index in [1.807, 2.05) is 6.92 Å². The number of piperazine rings is 1. The van der Waals surface area contributed by atoms with Crippen LogP contribution < -0.4 is 0 Å². The van der Waals surface area contributed by atoms with E-state index < -0.39 is 0 Å². The molecular weight excluding hydrogens is 266 g/mol. The molecule has 0 aliphatic carbocycles. The molecule has 3 atom stereocenters. The third-order valence-electron chi connectivity index (χ3n) is 4.83. The molecule has 0 aromatic rings. The van der Waals surface area contributed by atoms with Crippen molar-refractivity contribution in [1.82, 2.24) is 14.7 Å². The molecule has 122 valence electrons. The van der Waals surface area contributed by atoms with Crippen molar-refractivity contribution in [2.24, 2.45) is 0 Å². The van der Waals surface area contributed by atoms with Crippen LogP contribution in [0.25, 0.3) is 0 Å². The van der Waals surface area contributed by atoms with Gasteiger partial charge < -0.3 is 10.0 Å². The minimum absolute atomic E-state index is 0.283. The number of carbonyl (C=O) groups excluding carboxylic acids is 1. The van der Waals surface area contributed by atoms with Gasteiger partial charge in [0.05, 0.1) is 12.6 Å². The summed E-state index contributed by atoms with van der Waals surface area (Å²) in [6.07, 6.45) is 3.26. The van der Waals surface area contributed by atoms with Crippen molar-refractivity contribution < 1.29 is 9.90 Å². The second-order valence-electron chi connectivity index (χ2n) is 6.86. The summed E-state index contributed by atoms with van der Waals surface area (Å²) >= 11 is 0. The average molecular weight is 297 g/mol. The van der Waals surface area contributed by atoms with Gasteiger partial charge in [0.1, 0.15) is 0 Å². The third-order valence-corrected chi connectivity index (χ3v) is 4.83. The molecule has 5 heteroatoms. The molecule has 5 nitrogen and oxygen atoms in total. The van der Waals surface area contributed by atoms with Gasteiger partial charge in [0.15, 0.2) is 0 Å². The van der Waals surface area contributed by atoms with E-state index in [4.69, 9.17) is 0 Å². The van der Waals surface area contributed by atoms with Crippen LogP contribution in [-0.4, -0.2) is 83.2 Å². The lowest BCUT2D eigenvalue weighted by Crippen LogP contribution is -2.56. The topological polar surface area (TPSA) is 47.0 Å². The zero-order valence-electron chi connectivity index (χ0n) is 13.8. The van der Waals surface area contributed by atoms with E-state index in [2.05, 4.69) is 28.5 Å². The molecule has 0 aromatic carbocycles. The third kappa shape index (κ3) is 4.66. The Hall–Kier alpha value is -0.650. The Morgan fingerprint density at radius 1 is 1.19 bits per heavy atom. The van der Waals surface area contributed by atoms with Gasteiger partial charge in [-0.15, -0.1) is 0 Å². The minimum atomic E-state index is -0.283. The van der Waals surface area contributed by atoms with E-state index in [9.17, 15) is 9.90 Å². The fourth-order valence-corrected chi connectivity index (χ4v) is 3.58. The summed E-state index contributed by atoms with van der Waals surface area (Å²) < 4.78 is 0. The van der Waals surface area contributed by atoms with E-state index >= 15 is 0 Å². The van der Waals surface area contributed by atoms with Crippen LogP contribution in [0.1, 0.15) is 40.0 Å². The number of aliphatic hydroxyl groups is 1. The van der Waals surface area contributed by atoms with Crippen LogP contribution in [0.2, 0.25) is 0 Å². The molecule has 2 aliphatic heterocycles. The first-order chi connectivity index (χ1) is 9.97. The number of hydrogen-bond donors (Lipinski definition) is 1. The molecular formula is C16H31N3O2. The zero-order chi connectivity index (χ0) is 15.4. The highest BCUT2D eigenvalue weighted by Crippen LogP contribution is 2.17. The van der Waals surface area contributed by atoms with Crippen molar-refractivity contribution in [3.8, 4) is 0 Å². The fraction of sp³-hybridized carbons (Fsp3) is 0.938. The van der Waals surface area contributed by atoms with E-state index in [0.717, 1.165) is 45.6 Å². The SMILES string of the molecule is C[C@H](O)CN1CCN(CC(=O)N2CCCC[C@@H]2C)C[C@@H]1C. The number of likely N-dealkylation sites (tertiary alicyclic amines) is 1. The van der Waals surface area contributed by atoms with Crippen LogP contribution in [0, 0.1) is 0 Å². The lowest BCUT2D eigenvalue weighted by Gasteiger charge is -2.41. The Morgan fingerprint density at radius 3 is 2.57 bits per heavy atom. The van der Waals surface area contributed by atoms with Gasteiger partial charge >= 0.3 is 0 Å². The van der Waals surface area contributed by atoms with Gasteiger partial charge in [-0.05, 0) is 40.0 Å². The van der Waals surface area contributed by atoms with Gasteiger partial charge in [0.2, 0.25) is 5.91 Å². The molecule has 2 heterocycles. The highest BCUT2D eigenvalue weighted by atomic mass is 16.3. The van der Waals surface area contributed by atoms with Crippen molar-refractivity contribution in [3.63, 3.8) is 0 Å². The highest BCUT2D eigenvalue weighted by molar-refractivity contribution is 5.78. The number of carbonyl (C=O) groups is 1. The van der Waals surface area contributed by atoms with Crippen LogP contribution in [0.3, 0.4) is 0 Å². The molecule has 2 aliphatic rings. The maximum Gasteiger partial charge on any atom is 0.236 e. The van der Waals surface area contributed by atoms with E-state index in [0.29, 0.717) is 24.5 Å². The lowest BCUT2D eigenvalue weighted by atomic mass is 10.0. The molecule has 1 N–H and O–H groups in total. The van der Waals surface area contributed by atoms with Crippen LogP contribution >= 0.6 is 0 Å². The molecule has 0 saturated carbocycles. The molecule has 2 rings (SSSR count). The summed E-state index contributed by atoms with van der Waals surface area (Å²) in [5, 5.41) is 9.52. The highest BCUT2D eigenvalue weighted by Gasteiger charge is 2.28. The Labute approximate surface area is 128 Å². The Morgan fingerprint density at radius 2 is 1.95 bits per heavy atom. The van der Waals surface area contributed by atoms with Crippen LogP contribution in [0.4, 0.5) is 0 Å². The largest absolute Gasteiger partial charge is 0.392 e. The van der Waals surface area contributed by atoms with Crippen LogP contribution in [0.15, 0.2) is 0 Å². The van der Waals surface area contributed by atoms with Gasteiger partial charge in [-0.3, -0.25) is 14.6 Å². The number of nitrogens with zero attached hydrogens (tertiary/aromatic N) is 3. The quantitative estimate of drug-likeness (QED) is 0.833. The van der Waals surface area contributed by atoms with Gasteiger partial charge in [0.25, 0.3) is 0 Å². The number of hydrogen-bond acceptors (Lipinski definition) is 4. The van der Waals surface area contributed by atoms with E-state index in [-0.39, 0.29) is 6.10 Å². The van der Waals surface area contributed by atoms with Crippen molar-refractivity contribution in [1.29, 1.82) is 0 Å². The zero-order valence-corrected chi connectivity index (χ0v) is 13.8. The van der Waals surface area contributed by atoms with Gasteiger partial charge in [-0.2, -0.15) is 0 Å². The summed E-state index contributed by atoms with van der Waals surface area (Å²) in [6, 6.07) is 0.806. The van der Waals surface area contributed by atoms with Gasteiger partial charge in [-0.1, -0.05) is 0 Å². The number of aliphatic hydroxyl groups excluding tert-OH is 1. The normalized spacial score (nSPS) is 30.4. The number of piperidine rings is 1. The summed E-state index contributed by atoms with van der Waals surface area (Å²) in [4.78, 5) is 19.1. The smallest absolute Gasteiger partial charge is 0.236 e. The van der Waals surface area contributed by atoms with Crippen molar-refractivity contribution >= 4 is 5.91 Å². The molecule has 0 spiro atoms. The first-order valence-corrected chi connectivity index (χ1v) is 8.41. The summed E-state index contributed by atoms with van der Waals surface area (Å²) in [5.74, 6) is 0.290. The first-order valence-electron chi connectivity index (χ1n) is 8.41. The Bertz CT molecular complexity index is 348. The average Bonchev–Trinajstić information content (AvgIpc) is 2.42. The molecule has 0 radical (unpaired) electrons.